The van der Waals surface area contributed by atoms with Gasteiger partial charge in [0.25, 0.3) is 0 Å². The second-order valence-electron chi connectivity index (χ2n) is 3.35. The minimum atomic E-state index is 0.898. The third kappa shape index (κ3) is 2.68. The molecule has 3 nitrogen and oxygen atoms in total. The van der Waals surface area contributed by atoms with E-state index in [1.807, 2.05) is 54.6 Å². The molecule has 1 aromatic carbocycles. The standard InChI is InChI=1S/C13H13N3/c14-16-13-8-5-11(6-9-13)4-7-12-3-1-2-10-15-12/h1-10,16H,14H2. The van der Waals surface area contributed by atoms with Crippen LogP contribution in [0.4, 0.5) is 5.69 Å². The van der Waals surface area contributed by atoms with Gasteiger partial charge in [0.15, 0.2) is 0 Å². The van der Waals surface area contributed by atoms with Crippen LogP contribution in [0, 0.1) is 0 Å². The molecule has 3 N–H and O–H groups in total. The molecule has 0 bridgehead atoms. The molecule has 0 saturated heterocycles. The van der Waals surface area contributed by atoms with Crippen LogP contribution in [-0.2, 0) is 0 Å². The van der Waals surface area contributed by atoms with Gasteiger partial charge in [0, 0.05) is 11.9 Å². The van der Waals surface area contributed by atoms with Crippen molar-refractivity contribution < 1.29 is 0 Å². The van der Waals surface area contributed by atoms with Gasteiger partial charge in [-0.1, -0.05) is 24.3 Å². The van der Waals surface area contributed by atoms with Gasteiger partial charge in [-0.15, -0.1) is 0 Å². The zero-order valence-corrected chi connectivity index (χ0v) is 8.80. The molecule has 0 radical (unpaired) electrons. The first-order chi connectivity index (χ1) is 7.88. The van der Waals surface area contributed by atoms with Crippen LogP contribution in [0.25, 0.3) is 12.2 Å². The Hall–Kier alpha value is -2.13. The number of nitrogens with two attached hydrogens (primary N) is 1. The number of hydrogen-bond donors (Lipinski definition) is 2. The highest BCUT2D eigenvalue weighted by atomic mass is 15.2. The fourth-order valence-electron chi connectivity index (χ4n) is 1.35. The van der Waals surface area contributed by atoms with Crippen LogP contribution in [0.15, 0.2) is 48.7 Å². The number of benzene rings is 1. The predicted molar refractivity (Wildman–Crippen MR) is 67.4 cm³/mol. The van der Waals surface area contributed by atoms with Crippen LogP contribution in [0.5, 0.6) is 0 Å². The summed E-state index contributed by atoms with van der Waals surface area (Å²) in [6.07, 6.45) is 5.77. The van der Waals surface area contributed by atoms with Gasteiger partial charge in [0.1, 0.15) is 0 Å². The summed E-state index contributed by atoms with van der Waals surface area (Å²) in [5.74, 6) is 5.29. The summed E-state index contributed by atoms with van der Waals surface area (Å²) in [5.41, 5.74) is 5.55. The lowest BCUT2D eigenvalue weighted by Crippen LogP contribution is -2.05. The number of pyridine rings is 1. The lowest BCUT2D eigenvalue weighted by Gasteiger charge is -1.99. The van der Waals surface area contributed by atoms with E-state index in [1.54, 1.807) is 6.20 Å². The Kier molecular flexibility index (Phi) is 3.31. The minimum absolute atomic E-state index is 0.898. The lowest BCUT2D eigenvalue weighted by molar-refractivity contribution is 1.30. The Morgan fingerprint density at radius 2 is 1.81 bits per heavy atom. The molecule has 80 valence electrons. The summed E-state index contributed by atoms with van der Waals surface area (Å²) >= 11 is 0. The topological polar surface area (TPSA) is 50.9 Å². The van der Waals surface area contributed by atoms with E-state index in [-0.39, 0.29) is 0 Å². The van der Waals surface area contributed by atoms with Gasteiger partial charge in [0.05, 0.1) is 5.69 Å². The van der Waals surface area contributed by atoms with E-state index in [0.29, 0.717) is 0 Å². The number of nitrogen functional groups attached to an aromatic ring is 1. The van der Waals surface area contributed by atoms with Crippen LogP contribution >= 0.6 is 0 Å². The summed E-state index contributed by atoms with van der Waals surface area (Å²) in [6, 6.07) is 13.7. The Bertz CT molecular complexity index is 460. The number of rotatable bonds is 3. The zero-order valence-electron chi connectivity index (χ0n) is 8.80. The zero-order chi connectivity index (χ0) is 11.2. The molecule has 0 saturated carbocycles. The monoisotopic (exact) mass is 211 g/mol. The first-order valence-electron chi connectivity index (χ1n) is 5.04. The number of nitrogens with one attached hydrogen (secondary N) is 1. The summed E-state index contributed by atoms with van der Waals surface area (Å²) in [7, 11) is 0. The Morgan fingerprint density at radius 1 is 1.00 bits per heavy atom. The minimum Gasteiger partial charge on any atom is -0.324 e. The lowest BCUT2D eigenvalue weighted by atomic mass is 10.2. The van der Waals surface area contributed by atoms with Crippen molar-refractivity contribution in [3.63, 3.8) is 0 Å². The molecular formula is C13H13N3. The summed E-state index contributed by atoms with van der Waals surface area (Å²) in [5, 5.41) is 0. The molecule has 0 aliphatic carbocycles. The molecule has 0 fully saturated rings. The molecule has 0 spiro atoms. The molecule has 2 rings (SSSR count). The Morgan fingerprint density at radius 3 is 2.44 bits per heavy atom. The van der Waals surface area contributed by atoms with Gasteiger partial charge in [-0.3, -0.25) is 10.8 Å². The molecule has 16 heavy (non-hydrogen) atoms. The van der Waals surface area contributed by atoms with Gasteiger partial charge in [-0.2, -0.15) is 0 Å². The SMILES string of the molecule is NNc1ccc(C=Cc2ccccn2)cc1. The average molecular weight is 211 g/mol. The maximum Gasteiger partial charge on any atom is 0.0629 e. The van der Waals surface area contributed by atoms with Crippen LogP contribution in [0.3, 0.4) is 0 Å². The second kappa shape index (κ2) is 5.09. The Labute approximate surface area is 94.6 Å². The molecule has 0 amide bonds. The summed E-state index contributed by atoms with van der Waals surface area (Å²) in [4.78, 5) is 4.21. The molecular weight excluding hydrogens is 198 g/mol. The van der Waals surface area contributed by atoms with Gasteiger partial charge < -0.3 is 5.43 Å². The van der Waals surface area contributed by atoms with Crippen molar-refractivity contribution in [2.75, 3.05) is 5.43 Å². The molecule has 1 aromatic heterocycles. The number of hydrogen-bond acceptors (Lipinski definition) is 3. The predicted octanol–water partition coefficient (Wildman–Crippen LogP) is 2.54. The molecule has 0 aliphatic rings. The van der Waals surface area contributed by atoms with Gasteiger partial charge in [-0.05, 0) is 35.9 Å². The fourth-order valence-corrected chi connectivity index (χ4v) is 1.35. The highest BCUT2D eigenvalue weighted by Gasteiger charge is 1.89. The van der Waals surface area contributed by atoms with Crippen LogP contribution in [-0.4, -0.2) is 4.98 Å². The van der Waals surface area contributed by atoms with Crippen LogP contribution < -0.4 is 11.3 Å². The van der Waals surface area contributed by atoms with E-state index in [4.69, 9.17) is 5.84 Å². The van der Waals surface area contributed by atoms with Crippen LogP contribution in [0.1, 0.15) is 11.3 Å². The second-order valence-corrected chi connectivity index (χ2v) is 3.35. The van der Waals surface area contributed by atoms with E-state index in [2.05, 4.69) is 10.4 Å². The quantitative estimate of drug-likeness (QED) is 0.606. The van der Waals surface area contributed by atoms with E-state index < -0.39 is 0 Å². The third-order valence-electron chi connectivity index (χ3n) is 2.21. The number of anilines is 1. The number of hydrazine groups is 1. The van der Waals surface area contributed by atoms with E-state index >= 15 is 0 Å². The van der Waals surface area contributed by atoms with Crippen molar-refractivity contribution >= 4 is 17.8 Å². The summed E-state index contributed by atoms with van der Waals surface area (Å²) < 4.78 is 0. The van der Waals surface area contributed by atoms with Crippen molar-refractivity contribution in [3.05, 3.63) is 59.9 Å². The normalized spacial score (nSPS) is 10.6. The van der Waals surface area contributed by atoms with Gasteiger partial charge >= 0.3 is 0 Å². The number of nitrogens with zero attached hydrogens (tertiary/aromatic N) is 1. The smallest absolute Gasteiger partial charge is 0.0629 e. The van der Waals surface area contributed by atoms with Gasteiger partial charge in [0.2, 0.25) is 0 Å². The molecule has 3 heteroatoms. The highest BCUT2D eigenvalue weighted by molar-refractivity contribution is 5.68. The van der Waals surface area contributed by atoms with Crippen molar-refractivity contribution in [3.8, 4) is 0 Å². The van der Waals surface area contributed by atoms with Crippen LogP contribution in [0.2, 0.25) is 0 Å². The summed E-state index contributed by atoms with van der Waals surface area (Å²) in [6.45, 7) is 0. The van der Waals surface area contributed by atoms with E-state index in [1.165, 1.54) is 0 Å². The third-order valence-corrected chi connectivity index (χ3v) is 2.21. The largest absolute Gasteiger partial charge is 0.324 e. The number of aromatic nitrogens is 1. The van der Waals surface area contributed by atoms with Crippen molar-refractivity contribution in [1.29, 1.82) is 0 Å². The molecule has 0 aliphatic heterocycles. The van der Waals surface area contributed by atoms with Crippen molar-refractivity contribution in [2.24, 2.45) is 5.84 Å². The van der Waals surface area contributed by atoms with Crippen molar-refractivity contribution in [1.82, 2.24) is 4.98 Å². The molecule has 0 unspecified atom stereocenters. The van der Waals surface area contributed by atoms with Gasteiger partial charge in [-0.25, -0.2) is 0 Å². The molecule has 2 aromatic rings. The van der Waals surface area contributed by atoms with E-state index in [0.717, 1.165) is 16.9 Å². The first-order valence-corrected chi connectivity index (χ1v) is 5.04. The Balaban J connectivity index is 2.12. The maximum absolute atomic E-state index is 5.29. The first kappa shape index (κ1) is 10.4. The molecule has 1 heterocycles. The highest BCUT2D eigenvalue weighted by Crippen LogP contribution is 2.10. The average Bonchev–Trinajstić information content (AvgIpc) is 2.38. The maximum atomic E-state index is 5.29. The molecule has 0 atom stereocenters. The van der Waals surface area contributed by atoms with Crippen molar-refractivity contribution in [2.45, 2.75) is 0 Å². The fraction of sp³-hybridized carbons (Fsp3) is 0. The van der Waals surface area contributed by atoms with E-state index in [9.17, 15) is 0 Å².